The standard InChI is InChI=1S/C24H22FN3O4/c1-13-10-26-14(2)22(28-13)18-9-16(25)7-15-8-17(31-23(15)18)11-27-24(29)21-12-30-19-5-3-4-6-20(19)32-21/h3-7,9-10,17,21H,8,11-12H2,1-2H3,(H,27,29)/t17-,21+/m0/s1. The summed E-state index contributed by atoms with van der Waals surface area (Å²) in [4.78, 5) is 21.5. The number of hydrogen-bond donors (Lipinski definition) is 1. The molecule has 3 heterocycles. The minimum Gasteiger partial charge on any atom is -0.487 e. The van der Waals surface area contributed by atoms with Gasteiger partial charge in [-0.3, -0.25) is 9.78 Å². The molecule has 32 heavy (non-hydrogen) atoms. The zero-order chi connectivity index (χ0) is 22.2. The summed E-state index contributed by atoms with van der Waals surface area (Å²) in [5.74, 6) is 1.10. The summed E-state index contributed by atoms with van der Waals surface area (Å²) in [7, 11) is 0. The van der Waals surface area contributed by atoms with Gasteiger partial charge >= 0.3 is 0 Å². The molecule has 2 atom stereocenters. The van der Waals surface area contributed by atoms with Crippen molar-refractivity contribution >= 4 is 5.91 Å². The van der Waals surface area contributed by atoms with Crippen LogP contribution in [0.3, 0.4) is 0 Å². The second-order valence-corrected chi connectivity index (χ2v) is 7.94. The summed E-state index contributed by atoms with van der Waals surface area (Å²) >= 11 is 0. The maximum Gasteiger partial charge on any atom is 0.264 e. The van der Waals surface area contributed by atoms with Crippen molar-refractivity contribution in [1.82, 2.24) is 15.3 Å². The Morgan fingerprint density at radius 3 is 2.84 bits per heavy atom. The van der Waals surface area contributed by atoms with Gasteiger partial charge in [-0.1, -0.05) is 12.1 Å². The van der Waals surface area contributed by atoms with Gasteiger partial charge in [-0.25, -0.2) is 9.37 Å². The first kappa shape index (κ1) is 20.2. The molecule has 0 unspecified atom stereocenters. The number of aryl methyl sites for hydroxylation is 2. The van der Waals surface area contributed by atoms with Crippen LogP contribution >= 0.6 is 0 Å². The molecule has 2 aromatic carbocycles. The number of carbonyl (C=O) groups excluding carboxylic acids is 1. The van der Waals surface area contributed by atoms with Crippen molar-refractivity contribution in [3.8, 4) is 28.5 Å². The molecule has 2 aliphatic heterocycles. The van der Waals surface area contributed by atoms with E-state index in [0.717, 1.165) is 11.3 Å². The first-order chi connectivity index (χ1) is 15.5. The number of nitrogens with zero attached hydrogens (tertiary/aromatic N) is 2. The molecule has 2 aliphatic rings. The summed E-state index contributed by atoms with van der Waals surface area (Å²) in [6.45, 7) is 4.06. The van der Waals surface area contributed by atoms with Gasteiger partial charge in [-0.2, -0.15) is 0 Å². The summed E-state index contributed by atoms with van der Waals surface area (Å²) in [5.41, 5.74) is 3.34. The quantitative estimate of drug-likeness (QED) is 0.678. The smallest absolute Gasteiger partial charge is 0.264 e. The van der Waals surface area contributed by atoms with E-state index in [9.17, 15) is 9.18 Å². The van der Waals surface area contributed by atoms with Gasteiger partial charge in [-0.05, 0) is 38.1 Å². The molecule has 0 spiro atoms. The minimum atomic E-state index is -0.744. The fourth-order valence-electron chi connectivity index (χ4n) is 3.95. The first-order valence-electron chi connectivity index (χ1n) is 10.4. The number of nitrogens with one attached hydrogen (secondary N) is 1. The zero-order valence-electron chi connectivity index (χ0n) is 17.7. The molecular formula is C24H22FN3O4. The molecule has 1 aromatic heterocycles. The molecule has 1 amide bonds. The molecule has 0 aliphatic carbocycles. The molecule has 164 valence electrons. The Bertz CT molecular complexity index is 1200. The van der Waals surface area contributed by atoms with E-state index in [1.807, 2.05) is 26.0 Å². The third-order valence-electron chi connectivity index (χ3n) is 5.50. The number of para-hydroxylation sites is 2. The highest BCUT2D eigenvalue weighted by atomic mass is 19.1. The predicted molar refractivity (Wildman–Crippen MR) is 114 cm³/mol. The minimum absolute atomic E-state index is 0.134. The highest BCUT2D eigenvalue weighted by Crippen LogP contribution is 2.39. The molecular weight excluding hydrogens is 413 g/mol. The summed E-state index contributed by atoms with van der Waals surface area (Å²) in [5, 5.41) is 2.86. The van der Waals surface area contributed by atoms with E-state index in [2.05, 4.69) is 15.3 Å². The topological polar surface area (TPSA) is 82.6 Å². The Kier molecular flexibility index (Phi) is 5.13. The van der Waals surface area contributed by atoms with Crippen LogP contribution in [-0.2, 0) is 11.2 Å². The highest BCUT2D eigenvalue weighted by Gasteiger charge is 2.31. The normalized spacial score (nSPS) is 18.6. The number of ether oxygens (including phenoxy) is 3. The summed E-state index contributed by atoms with van der Waals surface area (Å²) in [6.07, 6.45) is 1.08. The Labute approximate surface area is 184 Å². The van der Waals surface area contributed by atoms with Crippen LogP contribution < -0.4 is 19.5 Å². The van der Waals surface area contributed by atoms with E-state index in [-0.39, 0.29) is 31.0 Å². The lowest BCUT2D eigenvalue weighted by molar-refractivity contribution is -0.130. The Morgan fingerprint density at radius 2 is 2.00 bits per heavy atom. The second kappa shape index (κ2) is 8.11. The van der Waals surface area contributed by atoms with Crippen LogP contribution in [0.4, 0.5) is 4.39 Å². The van der Waals surface area contributed by atoms with Crippen molar-refractivity contribution in [2.45, 2.75) is 32.5 Å². The molecule has 0 fully saturated rings. The number of halogens is 1. The number of fused-ring (bicyclic) bond motifs is 2. The van der Waals surface area contributed by atoms with E-state index >= 15 is 0 Å². The molecule has 3 aromatic rings. The number of rotatable bonds is 4. The van der Waals surface area contributed by atoms with Gasteiger partial charge in [0.25, 0.3) is 5.91 Å². The summed E-state index contributed by atoms with van der Waals surface area (Å²) in [6, 6.07) is 10.1. The van der Waals surface area contributed by atoms with Crippen molar-refractivity contribution in [1.29, 1.82) is 0 Å². The summed E-state index contributed by atoms with van der Waals surface area (Å²) < 4.78 is 31.8. The van der Waals surface area contributed by atoms with Crippen LogP contribution in [0.15, 0.2) is 42.6 Å². The monoisotopic (exact) mass is 435 g/mol. The van der Waals surface area contributed by atoms with Crippen LogP contribution in [0.5, 0.6) is 17.2 Å². The van der Waals surface area contributed by atoms with E-state index < -0.39 is 6.10 Å². The van der Waals surface area contributed by atoms with Gasteiger partial charge in [0, 0.05) is 23.7 Å². The molecule has 0 bridgehead atoms. The van der Waals surface area contributed by atoms with E-state index in [1.165, 1.54) is 12.1 Å². The SMILES string of the molecule is Cc1cnc(C)c(-c2cc(F)cc3c2O[C@H](CNC(=O)[C@H]2COc4ccccc4O2)C3)n1. The number of carbonyl (C=O) groups is 1. The van der Waals surface area contributed by atoms with Crippen molar-refractivity contribution in [3.05, 3.63) is 65.4 Å². The van der Waals surface area contributed by atoms with E-state index in [1.54, 1.807) is 18.3 Å². The van der Waals surface area contributed by atoms with Crippen molar-refractivity contribution in [2.24, 2.45) is 0 Å². The highest BCUT2D eigenvalue weighted by molar-refractivity contribution is 5.82. The molecule has 0 saturated carbocycles. The number of hydrogen-bond acceptors (Lipinski definition) is 6. The Hall–Kier alpha value is -3.68. The second-order valence-electron chi connectivity index (χ2n) is 7.94. The molecule has 8 heteroatoms. The van der Waals surface area contributed by atoms with E-state index in [4.69, 9.17) is 14.2 Å². The van der Waals surface area contributed by atoms with Gasteiger partial charge in [-0.15, -0.1) is 0 Å². The fraction of sp³-hybridized carbons (Fsp3) is 0.292. The van der Waals surface area contributed by atoms with Crippen LogP contribution in [0.2, 0.25) is 0 Å². The van der Waals surface area contributed by atoms with Crippen molar-refractivity contribution < 1.29 is 23.4 Å². The Morgan fingerprint density at radius 1 is 1.19 bits per heavy atom. The third-order valence-corrected chi connectivity index (χ3v) is 5.50. The number of amides is 1. The molecule has 0 saturated heterocycles. The Balaban J connectivity index is 1.28. The lowest BCUT2D eigenvalue weighted by Gasteiger charge is -2.26. The number of benzene rings is 2. The largest absolute Gasteiger partial charge is 0.487 e. The van der Waals surface area contributed by atoms with Gasteiger partial charge in [0.05, 0.1) is 23.6 Å². The average Bonchev–Trinajstić information content (AvgIpc) is 3.21. The third kappa shape index (κ3) is 3.84. The lowest BCUT2D eigenvalue weighted by atomic mass is 10.0. The molecule has 1 N–H and O–H groups in total. The maximum atomic E-state index is 14.3. The van der Waals surface area contributed by atoms with Gasteiger partial charge in [0.15, 0.2) is 11.5 Å². The van der Waals surface area contributed by atoms with E-state index in [0.29, 0.717) is 40.6 Å². The van der Waals surface area contributed by atoms with Gasteiger partial charge in [0.1, 0.15) is 24.3 Å². The van der Waals surface area contributed by atoms with Crippen LogP contribution in [0.1, 0.15) is 17.0 Å². The van der Waals surface area contributed by atoms with Crippen molar-refractivity contribution in [2.75, 3.05) is 13.2 Å². The number of aromatic nitrogens is 2. The van der Waals surface area contributed by atoms with Crippen LogP contribution in [0, 0.1) is 19.7 Å². The van der Waals surface area contributed by atoms with Crippen LogP contribution in [0.25, 0.3) is 11.3 Å². The van der Waals surface area contributed by atoms with Crippen LogP contribution in [-0.4, -0.2) is 41.2 Å². The lowest BCUT2D eigenvalue weighted by Crippen LogP contribution is -2.46. The predicted octanol–water partition coefficient (Wildman–Crippen LogP) is 3.16. The molecule has 5 rings (SSSR count). The van der Waals surface area contributed by atoms with Gasteiger partial charge < -0.3 is 19.5 Å². The molecule has 0 radical (unpaired) electrons. The fourth-order valence-corrected chi connectivity index (χ4v) is 3.95. The van der Waals surface area contributed by atoms with Gasteiger partial charge in [0.2, 0.25) is 6.10 Å². The maximum absolute atomic E-state index is 14.3. The average molecular weight is 435 g/mol. The first-order valence-corrected chi connectivity index (χ1v) is 10.4. The van der Waals surface area contributed by atoms with Crippen molar-refractivity contribution in [3.63, 3.8) is 0 Å². The zero-order valence-corrected chi connectivity index (χ0v) is 17.7. The molecule has 7 nitrogen and oxygen atoms in total.